The highest BCUT2D eigenvalue weighted by atomic mass is 35.5. The van der Waals surface area contributed by atoms with Crippen molar-refractivity contribution < 1.29 is 14.4 Å². The number of fused-ring (bicyclic) bond motifs is 5. The van der Waals surface area contributed by atoms with Gasteiger partial charge in [-0.2, -0.15) is 5.10 Å². The third-order valence-electron chi connectivity index (χ3n) is 6.10. The molecular weight excluding hydrogens is 390 g/mol. The van der Waals surface area contributed by atoms with Gasteiger partial charge in [0.15, 0.2) is 5.78 Å². The highest BCUT2D eigenvalue weighted by molar-refractivity contribution is 6.30. The van der Waals surface area contributed by atoms with Crippen molar-refractivity contribution >= 4 is 35.4 Å². The van der Waals surface area contributed by atoms with Crippen LogP contribution in [0.4, 0.5) is 0 Å². The summed E-state index contributed by atoms with van der Waals surface area (Å²) in [5.41, 5.74) is 2.27. The monoisotopic (exact) mass is 407 g/mol. The van der Waals surface area contributed by atoms with Gasteiger partial charge in [0, 0.05) is 17.1 Å². The number of amides is 2. The average molecular weight is 408 g/mol. The molecule has 6 nitrogen and oxygen atoms in total. The van der Waals surface area contributed by atoms with E-state index in [-0.39, 0.29) is 17.6 Å². The zero-order valence-electron chi connectivity index (χ0n) is 15.7. The van der Waals surface area contributed by atoms with Crippen LogP contribution in [0.15, 0.2) is 53.6 Å². The van der Waals surface area contributed by atoms with Crippen LogP contribution < -0.4 is 0 Å². The predicted octanol–water partition coefficient (Wildman–Crippen LogP) is 2.92. The quantitative estimate of drug-likeness (QED) is 0.579. The van der Waals surface area contributed by atoms with Crippen molar-refractivity contribution in [2.45, 2.75) is 19.0 Å². The molecule has 2 aromatic rings. The lowest BCUT2D eigenvalue weighted by molar-refractivity contribution is -0.141. The summed E-state index contributed by atoms with van der Waals surface area (Å²) in [4.78, 5) is 41.0. The summed E-state index contributed by atoms with van der Waals surface area (Å²) in [5.74, 6) is -2.12. The molecule has 2 amide bonds. The van der Waals surface area contributed by atoms with Crippen LogP contribution in [0.2, 0.25) is 5.02 Å². The first-order valence-corrected chi connectivity index (χ1v) is 9.97. The average Bonchev–Trinajstić information content (AvgIpc) is 3.21. The second-order valence-electron chi connectivity index (χ2n) is 7.49. The van der Waals surface area contributed by atoms with Crippen LogP contribution >= 0.6 is 11.6 Å². The molecule has 4 atom stereocenters. The maximum Gasteiger partial charge on any atom is 0.235 e. The molecule has 2 saturated heterocycles. The Morgan fingerprint density at radius 1 is 1.03 bits per heavy atom. The van der Waals surface area contributed by atoms with Crippen molar-refractivity contribution in [3.8, 4) is 0 Å². The van der Waals surface area contributed by atoms with Gasteiger partial charge in [0.05, 0.1) is 24.1 Å². The van der Waals surface area contributed by atoms with E-state index in [1.807, 2.05) is 24.3 Å². The summed E-state index contributed by atoms with van der Waals surface area (Å²) in [6.45, 7) is 2.07. The third-order valence-corrected chi connectivity index (χ3v) is 6.35. The fraction of sp³-hybridized carbons (Fsp3) is 0.273. The minimum absolute atomic E-state index is 0.226. The minimum atomic E-state index is -0.830. The normalized spacial score (nSPS) is 27.1. The number of benzene rings is 2. The molecule has 3 aliphatic heterocycles. The molecular formula is C22H18ClN3O3. The Bertz CT molecular complexity index is 1070. The number of carbonyl (C=O) groups excluding carboxylic acids is 3. The van der Waals surface area contributed by atoms with Crippen molar-refractivity contribution in [1.29, 1.82) is 0 Å². The molecule has 2 fully saturated rings. The van der Waals surface area contributed by atoms with E-state index < -0.39 is 23.9 Å². The number of rotatable bonds is 3. The van der Waals surface area contributed by atoms with Crippen LogP contribution in [-0.4, -0.2) is 46.3 Å². The Kier molecular flexibility index (Phi) is 4.06. The number of imide groups is 1. The van der Waals surface area contributed by atoms with Crippen molar-refractivity contribution in [2.75, 3.05) is 6.54 Å². The van der Waals surface area contributed by atoms with Gasteiger partial charge in [0.1, 0.15) is 6.04 Å². The lowest BCUT2D eigenvalue weighted by atomic mass is 9.83. The van der Waals surface area contributed by atoms with Gasteiger partial charge in [-0.25, -0.2) is 0 Å². The first-order chi connectivity index (χ1) is 14.0. The first-order valence-electron chi connectivity index (χ1n) is 9.59. The van der Waals surface area contributed by atoms with Crippen LogP contribution in [-0.2, 0) is 9.59 Å². The highest BCUT2D eigenvalue weighted by Gasteiger charge is 2.64. The molecule has 0 unspecified atom stereocenters. The van der Waals surface area contributed by atoms with Crippen LogP contribution in [0.3, 0.4) is 0 Å². The molecule has 3 heterocycles. The van der Waals surface area contributed by atoms with Crippen molar-refractivity contribution in [2.24, 2.45) is 16.9 Å². The maximum absolute atomic E-state index is 13.5. The van der Waals surface area contributed by atoms with Gasteiger partial charge in [-0.3, -0.25) is 24.3 Å². The number of hydrazone groups is 1. The van der Waals surface area contributed by atoms with Gasteiger partial charge in [0.2, 0.25) is 11.8 Å². The molecule has 0 saturated carbocycles. The Morgan fingerprint density at radius 3 is 2.45 bits per heavy atom. The van der Waals surface area contributed by atoms with Crippen molar-refractivity contribution in [3.05, 3.63) is 70.2 Å². The third kappa shape index (κ3) is 2.48. The Labute approximate surface area is 172 Å². The molecule has 0 radical (unpaired) electrons. The van der Waals surface area contributed by atoms with Crippen LogP contribution in [0.5, 0.6) is 0 Å². The number of nitrogens with zero attached hydrogens (tertiary/aromatic N) is 3. The number of hydrogen-bond acceptors (Lipinski definition) is 5. The number of ketones is 1. The fourth-order valence-corrected chi connectivity index (χ4v) is 4.95. The number of likely N-dealkylation sites (tertiary alicyclic amines) is 1. The molecule has 0 spiro atoms. The smallest absolute Gasteiger partial charge is 0.235 e. The Morgan fingerprint density at radius 2 is 1.72 bits per heavy atom. The summed E-state index contributed by atoms with van der Waals surface area (Å²) in [6, 6.07) is 13.0. The number of carbonyl (C=O) groups is 3. The standard InChI is InChI=1S/C22H18ClN3O3/c1-2-25-21(28)16-17(22(25)29)19(20(27)12-7-9-14(23)10-8-12)26-18(16)15-6-4-3-5-13(15)11-24-26/h3-11,16-19H,2H2,1H3/t16-,17-,18-,19+/m1/s1. The number of Topliss-reactive ketones (excluding diaryl/α,β-unsaturated/α-hetero) is 1. The predicted molar refractivity (Wildman–Crippen MR) is 108 cm³/mol. The van der Waals surface area contributed by atoms with E-state index in [1.165, 1.54) is 4.90 Å². The molecule has 7 heteroatoms. The van der Waals surface area contributed by atoms with Crippen LogP contribution in [0.1, 0.15) is 34.5 Å². The van der Waals surface area contributed by atoms with E-state index >= 15 is 0 Å². The van der Waals surface area contributed by atoms with Gasteiger partial charge in [-0.1, -0.05) is 35.9 Å². The Balaban J connectivity index is 1.65. The second kappa shape index (κ2) is 6.52. The van der Waals surface area contributed by atoms with Gasteiger partial charge >= 0.3 is 0 Å². The zero-order valence-corrected chi connectivity index (χ0v) is 16.4. The lowest BCUT2D eigenvalue weighted by Gasteiger charge is -2.33. The maximum atomic E-state index is 13.5. The van der Waals surface area contributed by atoms with Crippen molar-refractivity contribution in [3.63, 3.8) is 0 Å². The summed E-state index contributed by atoms with van der Waals surface area (Å²) in [7, 11) is 0. The topological polar surface area (TPSA) is 70.1 Å². The summed E-state index contributed by atoms with van der Waals surface area (Å²) in [5, 5.41) is 6.71. The van der Waals surface area contributed by atoms with E-state index in [2.05, 4.69) is 5.10 Å². The van der Waals surface area contributed by atoms with Crippen LogP contribution in [0, 0.1) is 11.8 Å². The molecule has 0 aliphatic carbocycles. The van der Waals surface area contributed by atoms with Crippen LogP contribution in [0.25, 0.3) is 0 Å². The number of hydrogen-bond donors (Lipinski definition) is 0. The molecule has 3 aliphatic rings. The zero-order chi connectivity index (χ0) is 20.3. The van der Waals surface area contributed by atoms with E-state index in [0.717, 1.165) is 11.1 Å². The van der Waals surface area contributed by atoms with Gasteiger partial charge in [-0.15, -0.1) is 0 Å². The number of halogens is 1. The van der Waals surface area contributed by atoms with E-state index in [0.29, 0.717) is 17.1 Å². The fourth-order valence-electron chi connectivity index (χ4n) is 4.83. The van der Waals surface area contributed by atoms with Crippen molar-refractivity contribution in [1.82, 2.24) is 9.91 Å². The molecule has 2 aromatic carbocycles. The SMILES string of the molecule is CCN1C(=O)[C@@H]2[C@@H](C1=O)[C@H]1c3ccccc3C=NN1[C@@H]2C(=O)c1ccc(Cl)cc1. The van der Waals surface area contributed by atoms with Gasteiger partial charge in [0.25, 0.3) is 0 Å². The molecule has 146 valence electrons. The van der Waals surface area contributed by atoms with E-state index in [9.17, 15) is 14.4 Å². The largest absolute Gasteiger partial charge is 0.292 e. The minimum Gasteiger partial charge on any atom is -0.292 e. The molecule has 0 aromatic heterocycles. The molecule has 0 bridgehead atoms. The van der Waals surface area contributed by atoms with Gasteiger partial charge in [-0.05, 0) is 42.3 Å². The molecule has 5 rings (SSSR count). The summed E-state index contributed by atoms with van der Waals surface area (Å²) >= 11 is 5.96. The lowest BCUT2D eigenvalue weighted by Crippen LogP contribution is -2.44. The van der Waals surface area contributed by atoms with E-state index in [1.54, 1.807) is 42.4 Å². The molecule has 0 N–H and O–H groups in total. The second-order valence-corrected chi connectivity index (χ2v) is 7.92. The Hall–Kier alpha value is -2.99. The highest BCUT2D eigenvalue weighted by Crippen LogP contribution is 2.52. The summed E-state index contributed by atoms with van der Waals surface area (Å²) < 4.78 is 0. The first kappa shape index (κ1) is 18.1. The van der Waals surface area contributed by atoms with Gasteiger partial charge < -0.3 is 0 Å². The molecule has 29 heavy (non-hydrogen) atoms. The van der Waals surface area contributed by atoms with E-state index in [4.69, 9.17) is 11.6 Å². The summed E-state index contributed by atoms with van der Waals surface area (Å²) in [6.07, 6.45) is 1.70.